The van der Waals surface area contributed by atoms with Crippen LogP contribution in [0.25, 0.3) is 0 Å². The van der Waals surface area contributed by atoms with Gasteiger partial charge >= 0.3 is 0 Å². The molecule has 150 valence electrons. The first-order valence-electron chi connectivity index (χ1n) is 10.1. The van der Waals surface area contributed by atoms with Crippen molar-refractivity contribution in [2.75, 3.05) is 0 Å². The summed E-state index contributed by atoms with van der Waals surface area (Å²) >= 11 is 0. The fourth-order valence-corrected chi connectivity index (χ4v) is 3.87. The minimum Gasteiger partial charge on any atom is -0.351 e. The Hall–Kier alpha value is -2.41. The van der Waals surface area contributed by atoms with Gasteiger partial charge in [-0.05, 0) is 69.4 Å². The average Bonchev–Trinajstić information content (AvgIpc) is 2.88. The molecule has 1 aliphatic carbocycles. The molecule has 0 bridgehead atoms. The standard InChI is InChI=1S/C24H31NO3/c1-7-10-16-11-15(4)21(17(8-2)12-16)22-19(26)13-18(23(22)28)14-20(27)25-24(5,6)9-3/h11-12,18,22H,8-9,13-14H2,1-6H3,(H,25,27). The van der Waals surface area contributed by atoms with Crippen molar-refractivity contribution in [1.82, 2.24) is 5.32 Å². The lowest BCUT2D eigenvalue weighted by molar-refractivity contribution is -0.129. The van der Waals surface area contributed by atoms with Gasteiger partial charge in [0, 0.05) is 29.9 Å². The van der Waals surface area contributed by atoms with Gasteiger partial charge in [0.1, 0.15) is 11.7 Å². The maximum atomic E-state index is 13.1. The number of Topliss-reactive ketones (excluding diaryl/α,β-unsaturated/α-hetero) is 2. The highest BCUT2D eigenvalue weighted by Crippen LogP contribution is 2.38. The Morgan fingerprint density at radius 1 is 1.25 bits per heavy atom. The van der Waals surface area contributed by atoms with E-state index in [1.807, 2.05) is 46.8 Å². The number of carbonyl (C=O) groups excluding carboxylic acids is 3. The smallest absolute Gasteiger partial charge is 0.221 e. The normalized spacial score (nSPS) is 19.4. The van der Waals surface area contributed by atoms with Crippen molar-refractivity contribution < 1.29 is 14.4 Å². The first kappa shape index (κ1) is 21.9. The van der Waals surface area contributed by atoms with Crippen LogP contribution in [-0.4, -0.2) is 23.0 Å². The summed E-state index contributed by atoms with van der Waals surface area (Å²) in [5.41, 5.74) is 3.31. The molecular weight excluding hydrogens is 350 g/mol. The Kier molecular flexibility index (Phi) is 6.82. The molecule has 2 unspecified atom stereocenters. The highest BCUT2D eigenvalue weighted by molar-refractivity contribution is 6.15. The van der Waals surface area contributed by atoms with E-state index in [4.69, 9.17) is 0 Å². The number of hydrogen-bond donors (Lipinski definition) is 1. The second-order valence-electron chi connectivity index (χ2n) is 8.29. The lowest BCUT2D eigenvalue weighted by atomic mass is 9.85. The molecule has 0 radical (unpaired) electrons. The summed E-state index contributed by atoms with van der Waals surface area (Å²) in [6, 6.07) is 3.92. The molecule has 2 rings (SSSR count). The molecular formula is C24H31NO3. The zero-order valence-electron chi connectivity index (χ0n) is 17.9. The molecule has 1 amide bonds. The van der Waals surface area contributed by atoms with Crippen LogP contribution < -0.4 is 5.32 Å². The second-order valence-corrected chi connectivity index (χ2v) is 8.29. The Morgan fingerprint density at radius 2 is 1.93 bits per heavy atom. The van der Waals surface area contributed by atoms with Crippen molar-refractivity contribution in [3.05, 3.63) is 34.4 Å². The van der Waals surface area contributed by atoms with Crippen LogP contribution in [-0.2, 0) is 20.8 Å². The molecule has 0 aromatic heterocycles. The molecule has 2 atom stereocenters. The first-order chi connectivity index (χ1) is 13.1. The van der Waals surface area contributed by atoms with Gasteiger partial charge in [0.25, 0.3) is 0 Å². The summed E-state index contributed by atoms with van der Waals surface area (Å²) < 4.78 is 0. The summed E-state index contributed by atoms with van der Waals surface area (Å²) in [5.74, 6) is 4.28. The molecule has 0 heterocycles. The topological polar surface area (TPSA) is 63.2 Å². The van der Waals surface area contributed by atoms with Crippen molar-refractivity contribution in [2.24, 2.45) is 5.92 Å². The van der Waals surface area contributed by atoms with Crippen molar-refractivity contribution in [1.29, 1.82) is 0 Å². The van der Waals surface area contributed by atoms with Gasteiger partial charge in [0.2, 0.25) is 5.91 Å². The minimum absolute atomic E-state index is 0.0738. The van der Waals surface area contributed by atoms with E-state index >= 15 is 0 Å². The number of rotatable bonds is 6. The second kappa shape index (κ2) is 8.73. The number of benzene rings is 1. The van der Waals surface area contributed by atoms with E-state index in [-0.39, 0.29) is 35.9 Å². The molecule has 1 N–H and O–H groups in total. The largest absolute Gasteiger partial charge is 0.351 e. The Balaban J connectivity index is 2.29. The molecule has 0 saturated heterocycles. The lowest BCUT2D eigenvalue weighted by Crippen LogP contribution is -2.43. The molecule has 0 spiro atoms. The van der Waals surface area contributed by atoms with Crippen LogP contribution >= 0.6 is 0 Å². The molecule has 1 saturated carbocycles. The van der Waals surface area contributed by atoms with Gasteiger partial charge < -0.3 is 5.32 Å². The van der Waals surface area contributed by atoms with Gasteiger partial charge in [-0.25, -0.2) is 0 Å². The summed E-state index contributed by atoms with van der Waals surface area (Å²) in [6.45, 7) is 11.6. The van der Waals surface area contributed by atoms with Gasteiger partial charge in [-0.2, -0.15) is 0 Å². The Bertz CT molecular complexity index is 855. The maximum absolute atomic E-state index is 13.1. The molecule has 28 heavy (non-hydrogen) atoms. The van der Waals surface area contributed by atoms with E-state index in [9.17, 15) is 14.4 Å². The number of nitrogens with one attached hydrogen (secondary N) is 1. The van der Waals surface area contributed by atoms with Crippen molar-refractivity contribution >= 4 is 17.5 Å². The number of amides is 1. The lowest BCUT2D eigenvalue weighted by Gasteiger charge is -2.25. The molecule has 0 aliphatic heterocycles. The van der Waals surface area contributed by atoms with E-state index in [0.29, 0.717) is 0 Å². The summed E-state index contributed by atoms with van der Waals surface area (Å²) in [6.07, 6.45) is 1.74. The van der Waals surface area contributed by atoms with E-state index in [1.165, 1.54) is 0 Å². The third kappa shape index (κ3) is 4.70. The van der Waals surface area contributed by atoms with Crippen molar-refractivity contribution in [3.8, 4) is 11.8 Å². The van der Waals surface area contributed by atoms with Gasteiger partial charge in [-0.15, -0.1) is 5.92 Å². The Labute approximate surface area is 168 Å². The maximum Gasteiger partial charge on any atom is 0.221 e. The minimum atomic E-state index is -0.754. The molecule has 1 fully saturated rings. The third-order valence-electron chi connectivity index (χ3n) is 5.66. The molecule has 4 nitrogen and oxygen atoms in total. The summed E-state index contributed by atoms with van der Waals surface area (Å²) in [5, 5.41) is 2.96. The SMILES string of the molecule is CC#Cc1cc(C)c(C2C(=O)CC(CC(=O)NC(C)(C)CC)C2=O)c(CC)c1. The van der Waals surface area contributed by atoms with Gasteiger partial charge in [-0.3, -0.25) is 14.4 Å². The number of hydrogen-bond acceptors (Lipinski definition) is 3. The average molecular weight is 382 g/mol. The predicted octanol–water partition coefficient (Wildman–Crippen LogP) is 3.87. The fourth-order valence-electron chi connectivity index (χ4n) is 3.87. The van der Waals surface area contributed by atoms with E-state index in [1.54, 1.807) is 6.92 Å². The van der Waals surface area contributed by atoms with Gasteiger partial charge in [0.15, 0.2) is 5.78 Å². The van der Waals surface area contributed by atoms with Crippen LogP contribution in [0.1, 0.15) is 82.1 Å². The molecule has 1 aromatic rings. The predicted molar refractivity (Wildman–Crippen MR) is 111 cm³/mol. The van der Waals surface area contributed by atoms with E-state index in [0.717, 1.165) is 35.1 Å². The quantitative estimate of drug-likeness (QED) is 0.601. The van der Waals surface area contributed by atoms with Crippen LogP contribution in [0.5, 0.6) is 0 Å². The van der Waals surface area contributed by atoms with E-state index < -0.39 is 11.8 Å². The molecule has 1 aliphatic rings. The monoisotopic (exact) mass is 381 g/mol. The summed E-state index contributed by atoms with van der Waals surface area (Å²) in [4.78, 5) is 38.2. The molecule has 4 heteroatoms. The highest BCUT2D eigenvalue weighted by Gasteiger charge is 2.44. The molecule has 1 aromatic carbocycles. The number of carbonyl (C=O) groups is 3. The van der Waals surface area contributed by atoms with E-state index in [2.05, 4.69) is 17.2 Å². The highest BCUT2D eigenvalue weighted by atomic mass is 16.2. The van der Waals surface area contributed by atoms with Crippen LogP contribution in [0.2, 0.25) is 0 Å². The van der Waals surface area contributed by atoms with Crippen LogP contribution in [0.3, 0.4) is 0 Å². The first-order valence-corrected chi connectivity index (χ1v) is 10.1. The van der Waals surface area contributed by atoms with Crippen LogP contribution in [0.15, 0.2) is 12.1 Å². The number of ketones is 2. The van der Waals surface area contributed by atoms with Crippen LogP contribution in [0, 0.1) is 24.7 Å². The Morgan fingerprint density at radius 3 is 2.50 bits per heavy atom. The van der Waals surface area contributed by atoms with Gasteiger partial charge in [0.05, 0.1) is 0 Å². The summed E-state index contributed by atoms with van der Waals surface area (Å²) in [7, 11) is 0. The van der Waals surface area contributed by atoms with Gasteiger partial charge in [-0.1, -0.05) is 19.8 Å². The van der Waals surface area contributed by atoms with Crippen molar-refractivity contribution in [3.63, 3.8) is 0 Å². The number of aryl methyl sites for hydroxylation is 2. The third-order valence-corrected chi connectivity index (χ3v) is 5.66. The van der Waals surface area contributed by atoms with Crippen molar-refractivity contribution in [2.45, 2.75) is 78.7 Å². The zero-order valence-corrected chi connectivity index (χ0v) is 17.9. The zero-order chi connectivity index (χ0) is 21.1. The fraction of sp³-hybridized carbons (Fsp3) is 0.542. The van der Waals surface area contributed by atoms with Crippen LogP contribution in [0.4, 0.5) is 0 Å².